The molecule has 0 atom stereocenters. The molecule has 0 unspecified atom stereocenters. The third-order valence-electron chi connectivity index (χ3n) is 4.84. The van der Waals surface area contributed by atoms with Gasteiger partial charge in [-0.1, -0.05) is 11.8 Å². The Morgan fingerprint density at radius 2 is 2.07 bits per heavy atom. The Labute approximate surface area is 167 Å². The third-order valence-corrected chi connectivity index (χ3v) is 6.99. The van der Waals surface area contributed by atoms with E-state index in [4.69, 9.17) is 4.42 Å². The van der Waals surface area contributed by atoms with E-state index < -0.39 is 0 Å². The van der Waals surface area contributed by atoms with Gasteiger partial charge in [0.05, 0.1) is 12.3 Å². The Bertz CT molecular complexity index is 993. The van der Waals surface area contributed by atoms with E-state index in [9.17, 15) is 4.79 Å². The molecule has 0 saturated carbocycles. The van der Waals surface area contributed by atoms with E-state index in [0.717, 1.165) is 40.0 Å². The lowest BCUT2D eigenvalue weighted by Gasteiger charge is -2.16. The second kappa shape index (κ2) is 7.64. The van der Waals surface area contributed by atoms with Crippen molar-refractivity contribution in [2.75, 3.05) is 12.8 Å². The van der Waals surface area contributed by atoms with Crippen molar-refractivity contribution in [3.63, 3.8) is 0 Å². The number of aromatic nitrogens is 2. The summed E-state index contributed by atoms with van der Waals surface area (Å²) in [5, 5.41) is 2.13. The fraction of sp³-hybridized carbons (Fsp3) is 0.450. The minimum absolute atomic E-state index is 0.0718. The number of hydrogen-bond acceptors (Lipinski definition) is 6. The molecule has 0 saturated heterocycles. The van der Waals surface area contributed by atoms with Crippen LogP contribution in [-0.2, 0) is 24.2 Å². The molecule has 1 aliphatic rings. The third kappa shape index (κ3) is 3.89. The van der Waals surface area contributed by atoms with Gasteiger partial charge >= 0.3 is 0 Å². The molecule has 0 radical (unpaired) electrons. The zero-order valence-electron chi connectivity index (χ0n) is 15.9. The standard InChI is InChI=1S/C20H23N3O2S2/c1-12-8-9-14(25-12)10-23(3)17(24)11-26-19-18-15-6-4-5-7-16(15)27-20(18)22-13(2)21-19/h8-9H,4-7,10-11H2,1-3H3. The van der Waals surface area contributed by atoms with Crippen LogP contribution in [0.1, 0.15) is 40.6 Å². The van der Waals surface area contributed by atoms with Gasteiger partial charge in [-0.2, -0.15) is 0 Å². The molecule has 0 fully saturated rings. The van der Waals surface area contributed by atoms with Crippen molar-refractivity contribution in [3.8, 4) is 0 Å². The molecule has 3 aromatic rings. The van der Waals surface area contributed by atoms with Crippen molar-refractivity contribution in [2.45, 2.75) is 51.1 Å². The van der Waals surface area contributed by atoms with Crippen LogP contribution < -0.4 is 0 Å². The number of rotatable bonds is 5. The second-order valence-corrected chi connectivity index (χ2v) is 9.07. The number of thiophene rings is 1. The van der Waals surface area contributed by atoms with Crippen molar-refractivity contribution in [1.29, 1.82) is 0 Å². The summed E-state index contributed by atoms with van der Waals surface area (Å²) in [4.78, 5) is 26.1. The van der Waals surface area contributed by atoms with Gasteiger partial charge in [-0.15, -0.1) is 11.3 Å². The van der Waals surface area contributed by atoms with Gasteiger partial charge in [0.2, 0.25) is 5.91 Å². The van der Waals surface area contributed by atoms with Gasteiger partial charge in [0.15, 0.2) is 0 Å². The highest BCUT2D eigenvalue weighted by Crippen LogP contribution is 2.39. The summed E-state index contributed by atoms with van der Waals surface area (Å²) < 4.78 is 5.57. The first-order chi connectivity index (χ1) is 13.0. The maximum atomic E-state index is 12.6. The lowest BCUT2D eigenvalue weighted by atomic mass is 9.97. The Kier molecular flexibility index (Phi) is 5.23. The fourth-order valence-electron chi connectivity index (χ4n) is 3.46. The van der Waals surface area contributed by atoms with Crippen molar-refractivity contribution in [2.24, 2.45) is 0 Å². The molecule has 0 N–H and O–H groups in total. The molecule has 3 aromatic heterocycles. The molecular formula is C20H23N3O2S2. The number of hydrogen-bond donors (Lipinski definition) is 0. The molecule has 142 valence electrons. The van der Waals surface area contributed by atoms with Crippen molar-refractivity contribution >= 4 is 39.2 Å². The van der Waals surface area contributed by atoms with Crippen LogP contribution in [0.4, 0.5) is 0 Å². The Hall–Kier alpha value is -1.86. The summed E-state index contributed by atoms with van der Waals surface area (Å²) in [5.74, 6) is 2.88. The lowest BCUT2D eigenvalue weighted by molar-refractivity contribution is -0.127. The molecule has 0 aromatic carbocycles. The molecule has 4 rings (SSSR count). The molecular weight excluding hydrogens is 378 g/mol. The van der Waals surface area contributed by atoms with Gasteiger partial charge in [-0.3, -0.25) is 4.79 Å². The van der Waals surface area contributed by atoms with Gasteiger partial charge in [0.1, 0.15) is 27.2 Å². The average Bonchev–Trinajstić information content (AvgIpc) is 3.21. The molecule has 0 spiro atoms. The summed E-state index contributed by atoms with van der Waals surface area (Å²) in [6.07, 6.45) is 4.72. The van der Waals surface area contributed by atoms with E-state index in [2.05, 4.69) is 9.97 Å². The van der Waals surface area contributed by atoms with Crippen molar-refractivity contribution in [3.05, 3.63) is 39.9 Å². The lowest BCUT2D eigenvalue weighted by Crippen LogP contribution is -2.27. The van der Waals surface area contributed by atoms with E-state index >= 15 is 0 Å². The number of carbonyl (C=O) groups is 1. The summed E-state index contributed by atoms with van der Waals surface area (Å²) in [7, 11) is 1.81. The van der Waals surface area contributed by atoms with E-state index in [-0.39, 0.29) is 5.91 Å². The summed E-state index contributed by atoms with van der Waals surface area (Å²) in [6.45, 7) is 4.32. The summed E-state index contributed by atoms with van der Waals surface area (Å²) >= 11 is 3.33. The highest BCUT2D eigenvalue weighted by molar-refractivity contribution is 8.00. The molecule has 5 nitrogen and oxygen atoms in total. The quantitative estimate of drug-likeness (QED) is 0.464. The topological polar surface area (TPSA) is 59.2 Å². The molecule has 0 bridgehead atoms. The highest BCUT2D eigenvalue weighted by Gasteiger charge is 2.21. The number of furan rings is 1. The van der Waals surface area contributed by atoms with Gasteiger partial charge in [-0.25, -0.2) is 9.97 Å². The average molecular weight is 402 g/mol. The van der Waals surface area contributed by atoms with Crippen molar-refractivity contribution in [1.82, 2.24) is 14.9 Å². The Morgan fingerprint density at radius 1 is 1.26 bits per heavy atom. The first-order valence-corrected chi connectivity index (χ1v) is 11.0. The van der Waals surface area contributed by atoms with E-state index in [1.807, 2.05) is 33.0 Å². The van der Waals surface area contributed by atoms with E-state index in [1.165, 1.54) is 40.4 Å². The summed E-state index contributed by atoms with van der Waals surface area (Å²) in [6, 6.07) is 3.84. The van der Waals surface area contributed by atoms with Crippen LogP contribution in [0.5, 0.6) is 0 Å². The molecule has 1 amide bonds. The van der Waals surface area contributed by atoms with Crippen LogP contribution >= 0.6 is 23.1 Å². The zero-order valence-corrected chi connectivity index (χ0v) is 17.5. The number of carbonyl (C=O) groups excluding carboxylic acids is 1. The van der Waals surface area contributed by atoms with Crippen LogP contribution in [-0.4, -0.2) is 33.6 Å². The Balaban J connectivity index is 1.51. The monoisotopic (exact) mass is 401 g/mol. The number of nitrogens with zero attached hydrogens (tertiary/aromatic N) is 3. The maximum Gasteiger partial charge on any atom is 0.233 e. The first kappa shape index (κ1) is 18.5. The van der Waals surface area contributed by atoms with E-state index in [0.29, 0.717) is 12.3 Å². The SMILES string of the molecule is Cc1nc(SCC(=O)N(C)Cc2ccc(C)o2)c2c3c(sc2n1)CCCC3. The molecule has 1 aliphatic carbocycles. The van der Waals surface area contributed by atoms with Gasteiger partial charge in [0, 0.05) is 17.3 Å². The number of amides is 1. The number of aryl methyl sites for hydroxylation is 4. The second-order valence-electron chi connectivity index (χ2n) is 7.02. The van der Waals surface area contributed by atoms with Gasteiger partial charge in [0.25, 0.3) is 0 Å². The van der Waals surface area contributed by atoms with Crippen LogP contribution in [0.3, 0.4) is 0 Å². The normalized spacial score (nSPS) is 13.7. The highest BCUT2D eigenvalue weighted by atomic mass is 32.2. The van der Waals surface area contributed by atoms with Crippen LogP contribution in [0, 0.1) is 13.8 Å². The Morgan fingerprint density at radius 3 is 2.85 bits per heavy atom. The largest absolute Gasteiger partial charge is 0.464 e. The molecule has 7 heteroatoms. The zero-order chi connectivity index (χ0) is 19.0. The maximum absolute atomic E-state index is 12.6. The van der Waals surface area contributed by atoms with Crippen LogP contribution in [0.2, 0.25) is 0 Å². The first-order valence-electron chi connectivity index (χ1n) is 9.22. The smallest absolute Gasteiger partial charge is 0.233 e. The molecule has 0 aliphatic heterocycles. The van der Waals surface area contributed by atoms with Gasteiger partial charge in [-0.05, 0) is 57.2 Å². The minimum atomic E-state index is 0.0718. The van der Waals surface area contributed by atoms with Crippen molar-refractivity contribution < 1.29 is 9.21 Å². The van der Waals surface area contributed by atoms with Crippen LogP contribution in [0.25, 0.3) is 10.2 Å². The number of thioether (sulfide) groups is 1. The van der Waals surface area contributed by atoms with E-state index in [1.54, 1.807) is 16.2 Å². The fourth-order valence-corrected chi connectivity index (χ4v) is 5.88. The molecule has 3 heterocycles. The van der Waals surface area contributed by atoms with Crippen LogP contribution in [0.15, 0.2) is 21.6 Å². The number of fused-ring (bicyclic) bond motifs is 3. The minimum Gasteiger partial charge on any atom is -0.464 e. The predicted octanol–water partition coefficient (Wildman–Crippen LogP) is 4.53. The predicted molar refractivity (Wildman–Crippen MR) is 109 cm³/mol. The molecule has 27 heavy (non-hydrogen) atoms. The van der Waals surface area contributed by atoms with Gasteiger partial charge < -0.3 is 9.32 Å². The summed E-state index contributed by atoms with van der Waals surface area (Å²) in [5.41, 5.74) is 1.41.